The first-order valence-corrected chi connectivity index (χ1v) is 6.10. The SMILES string of the molecule is Fc1cccc(SCc2cccc(Cl)n2)c1. The molecule has 0 bridgehead atoms. The molecule has 82 valence electrons. The lowest BCUT2D eigenvalue weighted by Crippen LogP contribution is -1.86. The Balaban J connectivity index is 2.02. The smallest absolute Gasteiger partial charge is 0.129 e. The minimum absolute atomic E-state index is 0.218. The molecule has 0 saturated carbocycles. The number of benzene rings is 1. The van der Waals surface area contributed by atoms with Crippen molar-refractivity contribution < 1.29 is 4.39 Å². The van der Waals surface area contributed by atoms with Crippen molar-refractivity contribution in [2.75, 3.05) is 0 Å². The third kappa shape index (κ3) is 3.22. The minimum Gasteiger partial charge on any atom is -0.240 e. The van der Waals surface area contributed by atoms with E-state index in [1.165, 1.54) is 23.9 Å². The summed E-state index contributed by atoms with van der Waals surface area (Å²) < 4.78 is 12.9. The summed E-state index contributed by atoms with van der Waals surface area (Å²) in [5.41, 5.74) is 0.891. The lowest BCUT2D eigenvalue weighted by molar-refractivity contribution is 0.624. The van der Waals surface area contributed by atoms with Crippen LogP contribution in [0.15, 0.2) is 47.4 Å². The van der Waals surface area contributed by atoms with Gasteiger partial charge < -0.3 is 0 Å². The summed E-state index contributed by atoms with van der Waals surface area (Å²) in [6.07, 6.45) is 0. The van der Waals surface area contributed by atoms with Crippen molar-refractivity contribution in [2.45, 2.75) is 10.6 Å². The van der Waals surface area contributed by atoms with Crippen molar-refractivity contribution in [3.63, 3.8) is 0 Å². The number of pyridine rings is 1. The lowest BCUT2D eigenvalue weighted by atomic mass is 10.3. The molecular formula is C12H9ClFNS. The molecule has 0 N–H and O–H groups in total. The second-order valence-electron chi connectivity index (χ2n) is 3.20. The van der Waals surface area contributed by atoms with Gasteiger partial charge in [-0.2, -0.15) is 0 Å². The fraction of sp³-hybridized carbons (Fsp3) is 0.0833. The second-order valence-corrected chi connectivity index (χ2v) is 4.63. The van der Waals surface area contributed by atoms with Gasteiger partial charge in [0.15, 0.2) is 0 Å². The number of aromatic nitrogens is 1. The minimum atomic E-state index is -0.218. The van der Waals surface area contributed by atoms with Gasteiger partial charge in [0.05, 0.1) is 5.69 Å². The molecule has 1 nitrogen and oxygen atoms in total. The molecule has 0 aliphatic carbocycles. The van der Waals surface area contributed by atoms with Gasteiger partial charge in [0.1, 0.15) is 11.0 Å². The molecule has 0 amide bonds. The van der Waals surface area contributed by atoms with E-state index in [1.807, 2.05) is 18.2 Å². The summed E-state index contributed by atoms with van der Waals surface area (Å²) >= 11 is 7.31. The molecule has 16 heavy (non-hydrogen) atoms. The van der Waals surface area contributed by atoms with Crippen molar-refractivity contribution in [1.82, 2.24) is 4.98 Å². The van der Waals surface area contributed by atoms with Gasteiger partial charge in [-0.15, -0.1) is 11.8 Å². The van der Waals surface area contributed by atoms with Crippen LogP contribution in [0.5, 0.6) is 0 Å². The van der Waals surface area contributed by atoms with Crippen LogP contribution >= 0.6 is 23.4 Å². The predicted molar refractivity (Wildman–Crippen MR) is 65.2 cm³/mol. The van der Waals surface area contributed by atoms with Crippen molar-refractivity contribution in [3.05, 3.63) is 59.1 Å². The molecule has 1 aromatic heterocycles. The van der Waals surface area contributed by atoms with E-state index < -0.39 is 0 Å². The molecule has 0 aliphatic rings. The van der Waals surface area contributed by atoms with Gasteiger partial charge in [-0.1, -0.05) is 23.7 Å². The molecule has 0 unspecified atom stereocenters. The maximum atomic E-state index is 12.9. The molecule has 2 aromatic rings. The quantitative estimate of drug-likeness (QED) is 0.602. The first-order chi connectivity index (χ1) is 7.74. The highest BCUT2D eigenvalue weighted by Gasteiger charge is 1.99. The van der Waals surface area contributed by atoms with E-state index >= 15 is 0 Å². The first-order valence-electron chi connectivity index (χ1n) is 4.74. The highest BCUT2D eigenvalue weighted by atomic mass is 35.5. The summed E-state index contributed by atoms with van der Waals surface area (Å²) in [5, 5.41) is 0.484. The molecule has 0 atom stereocenters. The van der Waals surface area contributed by atoms with E-state index in [0.29, 0.717) is 10.9 Å². The predicted octanol–water partition coefficient (Wildman–Crippen LogP) is 4.17. The average molecular weight is 254 g/mol. The normalized spacial score (nSPS) is 10.4. The summed E-state index contributed by atoms with van der Waals surface area (Å²) in [7, 11) is 0. The number of hydrogen-bond donors (Lipinski definition) is 0. The topological polar surface area (TPSA) is 12.9 Å². The molecule has 2 rings (SSSR count). The van der Waals surface area contributed by atoms with Crippen LogP contribution in [0.2, 0.25) is 5.15 Å². The summed E-state index contributed by atoms with van der Waals surface area (Å²) in [6.45, 7) is 0. The third-order valence-electron chi connectivity index (χ3n) is 1.96. The Hall–Kier alpha value is -1.06. The number of halogens is 2. The maximum absolute atomic E-state index is 12.9. The van der Waals surface area contributed by atoms with Gasteiger partial charge in [-0.25, -0.2) is 9.37 Å². The van der Waals surface area contributed by atoms with Crippen molar-refractivity contribution in [3.8, 4) is 0 Å². The molecule has 0 fully saturated rings. The maximum Gasteiger partial charge on any atom is 0.129 e. The average Bonchev–Trinajstić information content (AvgIpc) is 2.27. The zero-order valence-electron chi connectivity index (χ0n) is 8.36. The molecule has 1 aromatic carbocycles. The Labute approximate surface area is 103 Å². The summed E-state index contributed by atoms with van der Waals surface area (Å²) in [6, 6.07) is 12.0. The zero-order valence-corrected chi connectivity index (χ0v) is 9.93. The number of rotatable bonds is 3. The van der Waals surface area contributed by atoms with Crippen molar-refractivity contribution >= 4 is 23.4 Å². The van der Waals surface area contributed by atoms with E-state index in [9.17, 15) is 4.39 Å². The zero-order chi connectivity index (χ0) is 11.4. The molecular weight excluding hydrogens is 245 g/mol. The summed E-state index contributed by atoms with van der Waals surface area (Å²) in [5.74, 6) is 0.466. The van der Waals surface area contributed by atoms with Crippen LogP contribution < -0.4 is 0 Å². The molecule has 4 heteroatoms. The lowest BCUT2D eigenvalue weighted by Gasteiger charge is -2.01. The molecule has 0 radical (unpaired) electrons. The van der Waals surface area contributed by atoms with Gasteiger partial charge in [0.2, 0.25) is 0 Å². The van der Waals surface area contributed by atoms with Crippen molar-refractivity contribution in [2.24, 2.45) is 0 Å². The van der Waals surface area contributed by atoms with Crippen LogP contribution in [0.3, 0.4) is 0 Å². The fourth-order valence-corrected chi connectivity index (χ4v) is 2.27. The van der Waals surface area contributed by atoms with Crippen LogP contribution in [0, 0.1) is 5.82 Å². The van der Waals surface area contributed by atoms with Crippen LogP contribution in [0.1, 0.15) is 5.69 Å². The van der Waals surface area contributed by atoms with Crippen LogP contribution in [-0.2, 0) is 5.75 Å². The Morgan fingerprint density at radius 3 is 2.75 bits per heavy atom. The Morgan fingerprint density at radius 2 is 2.00 bits per heavy atom. The van der Waals surface area contributed by atoms with Gasteiger partial charge in [-0.05, 0) is 30.3 Å². The van der Waals surface area contributed by atoms with Gasteiger partial charge >= 0.3 is 0 Å². The van der Waals surface area contributed by atoms with Crippen LogP contribution in [-0.4, -0.2) is 4.98 Å². The van der Waals surface area contributed by atoms with E-state index in [4.69, 9.17) is 11.6 Å². The molecule has 1 heterocycles. The van der Waals surface area contributed by atoms with Crippen molar-refractivity contribution in [1.29, 1.82) is 0 Å². The van der Waals surface area contributed by atoms with Crippen LogP contribution in [0.4, 0.5) is 4.39 Å². The Morgan fingerprint density at radius 1 is 1.19 bits per heavy atom. The van der Waals surface area contributed by atoms with Crippen LogP contribution in [0.25, 0.3) is 0 Å². The fourth-order valence-electron chi connectivity index (χ4n) is 1.24. The number of hydrogen-bond acceptors (Lipinski definition) is 2. The first kappa shape index (κ1) is 11.4. The number of thioether (sulfide) groups is 1. The standard InChI is InChI=1S/C12H9ClFNS/c13-12-6-2-4-10(15-12)8-16-11-5-1-3-9(14)7-11/h1-7H,8H2. The largest absolute Gasteiger partial charge is 0.240 e. The molecule has 0 saturated heterocycles. The van der Waals surface area contributed by atoms with E-state index in [0.717, 1.165) is 10.6 Å². The van der Waals surface area contributed by atoms with E-state index in [1.54, 1.807) is 12.1 Å². The highest BCUT2D eigenvalue weighted by molar-refractivity contribution is 7.98. The van der Waals surface area contributed by atoms with Gasteiger partial charge in [-0.3, -0.25) is 0 Å². The highest BCUT2D eigenvalue weighted by Crippen LogP contribution is 2.22. The van der Waals surface area contributed by atoms with Gasteiger partial charge in [0, 0.05) is 10.6 Å². The number of nitrogens with zero attached hydrogens (tertiary/aromatic N) is 1. The Bertz CT molecular complexity index is 444. The third-order valence-corrected chi connectivity index (χ3v) is 3.19. The molecule has 0 spiro atoms. The Kier molecular flexibility index (Phi) is 3.80. The second kappa shape index (κ2) is 5.32. The monoisotopic (exact) mass is 253 g/mol. The van der Waals surface area contributed by atoms with E-state index in [2.05, 4.69) is 4.98 Å². The summed E-state index contributed by atoms with van der Waals surface area (Å²) in [4.78, 5) is 5.05. The molecule has 0 aliphatic heterocycles. The van der Waals surface area contributed by atoms with Gasteiger partial charge in [0.25, 0.3) is 0 Å². The van der Waals surface area contributed by atoms with E-state index in [-0.39, 0.29) is 5.82 Å².